The lowest BCUT2D eigenvalue weighted by Gasteiger charge is -2.55. The third-order valence-corrected chi connectivity index (χ3v) is 5.95. The fourth-order valence-corrected chi connectivity index (χ4v) is 5.41. The van der Waals surface area contributed by atoms with Crippen molar-refractivity contribution in [2.75, 3.05) is 0 Å². The summed E-state index contributed by atoms with van der Waals surface area (Å²) in [5, 5.41) is 12.9. The van der Waals surface area contributed by atoms with Crippen molar-refractivity contribution in [3.05, 3.63) is 29.8 Å². The minimum Gasteiger partial charge on any atom is -0.508 e. The maximum absolute atomic E-state index is 12.8. The van der Waals surface area contributed by atoms with Gasteiger partial charge in [-0.3, -0.25) is 4.79 Å². The molecule has 4 saturated carbocycles. The average Bonchev–Trinajstić information content (AvgIpc) is 2.44. The summed E-state index contributed by atoms with van der Waals surface area (Å²) in [7, 11) is 0. The molecule has 4 aliphatic carbocycles. The molecule has 0 unspecified atom stereocenters. The van der Waals surface area contributed by atoms with Crippen LogP contribution in [0.1, 0.15) is 44.1 Å². The van der Waals surface area contributed by atoms with Gasteiger partial charge in [-0.05, 0) is 62.3 Å². The summed E-state index contributed by atoms with van der Waals surface area (Å²) >= 11 is 0. The minimum atomic E-state index is -0.0981. The van der Waals surface area contributed by atoms with Gasteiger partial charge in [-0.15, -0.1) is 0 Å². The Balaban J connectivity index is 1.47. The van der Waals surface area contributed by atoms with E-state index in [4.69, 9.17) is 0 Å². The molecule has 1 aromatic rings. The van der Waals surface area contributed by atoms with Gasteiger partial charge in [0.1, 0.15) is 5.75 Å². The monoisotopic (exact) mass is 285 g/mol. The number of phenols is 1. The lowest BCUT2D eigenvalue weighted by molar-refractivity contribution is -0.146. The molecule has 0 aromatic heterocycles. The number of benzene rings is 1. The molecule has 0 spiro atoms. The Morgan fingerprint density at radius 3 is 2.24 bits per heavy atom. The quantitative estimate of drug-likeness (QED) is 0.896. The van der Waals surface area contributed by atoms with E-state index in [0.717, 1.165) is 42.6 Å². The van der Waals surface area contributed by atoms with E-state index in [9.17, 15) is 9.90 Å². The lowest BCUT2D eigenvalue weighted by Crippen LogP contribution is -2.53. The van der Waals surface area contributed by atoms with Crippen molar-refractivity contribution in [1.82, 2.24) is 5.32 Å². The fraction of sp³-hybridized carbons (Fsp3) is 0.611. The summed E-state index contributed by atoms with van der Waals surface area (Å²) in [6.07, 6.45) is 7.33. The average molecular weight is 285 g/mol. The molecule has 3 nitrogen and oxygen atoms in total. The predicted octanol–water partition coefficient (Wildman–Crippen LogP) is 3.22. The van der Waals surface area contributed by atoms with Crippen LogP contribution >= 0.6 is 0 Å². The van der Waals surface area contributed by atoms with E-state index in [1.807, 2.05) is 12.1 Å². The number of para-hydroxylation sites is 1. The van der Waals surface area contributed by atoms with Crippen molar-refractivity contribution in [1.29, 1.82) is 0 Å². The van der Waals surface area contributed by atoms with Crippen LogP contribution in [0.15, 0.2) is 24.3 Å². The van der Waals surface area contributed by atoms with E-state index < -0.39 is 0 Å². The number of amides is 1. The molecule has 3 heteroatoms. The van der Waals surface area contributed by atoms with Gasteiger partial charge in [-0.2, -0.15) is 0 Å². The Hall–Kier alpha value is -1.51. The summed E-state index contributed by atoms with van der Waals surface area (Å²) < 4.78 is 0. The number of carbonyl (C=O) groups is 1. The van der Waals surface area contributed by atoms with Crippen LogP contribution in [0.4, 0.5) is 0 Å². The van der Waals surface area contributed by atoms with E-state index in [0.29, 0.717) is 6.54 Å². The first-order valence-electron chi connectivity index (χ1n) is 8.20. The SMILES string of the molecule is O=C(NCc1ccccc1O)C12CC3CC(CC(C3)C1)C2. The summed E-state index contributed by atoms with van der Waals surface area (Å²) in [5.74, 6) is 2.85. The van der Waals surface area contributed by atoms with Crippen molar-refractivity contribution < 1.29 is 9.90 Å². The number of aromatic hydroxyl groups is 1. The highest BCUT2D eigenvalue weighted by atomic mass is 16.3. The Bertz CT molecular complexity index is 531. The van der Waals surface area contributed by atoms with E-state index in [1.54, 1.807) is 12.1 Å². The summed E-state index contributed by atoms with van der Waals surface area (Å²) in [5.41, 5.74) is 0.703. The number of phenolic OH excluding ortho intramolecular Hbond substituents is 1. The smallest absolute Gasteiger partial charge is 0.226 e. The van der Waals surface area contributed by atoms with Crippen molar-refractivity contribution in [2.45, 2.75) is 45.1 Å². The lowest BCUT2D eigenvalue weighted by atomic mass is 9.49. The first-order chi connectivity index (χ1) is 10.1. The zero-order valence-electron chi connectivity index (χ0n) is 12.3. The van der Waals surface area contributed by atoms with Gasteiger partial charge in [-0.25, -0.2) is 0 Å². The summed E-state index contributed by atoms with van der Waals surface area (Å²) in [4.78, 5) is 12.8. The maximum atomic E-state index is 12.8. The van der Waals surface area contributed by atoms with Gasteiger partial charge < -0.3 is 10.4 Å². The maximum Gasteiger partial charge on any atom is 0.226 e. The van der Waals surface area contributed by atoms with Gasteiger partial charge in [0, 0.05) is 17.5 Å². The normalized spacial score (nSPS) is 36.7. The van der Waals surface area contributed by atoms with E-state index in [1.165, 1.54) is 19.3 Å². The van der Waals surface area contributed by atoms with Gasteiger partial charge in [0.05, 0.1) is 0 Å². The number of nitrogens with one attached hydrogen (secondary N) is 1. The van der Waals surface area contributed by atoms with Gasteiger partial charge in [0.25, 0.3) is 0 Å². The highest BCUT2D eigenvalue weighted by Gasteiger charge is 2.54. The molecule has 0 aliphatic heterocycles. The molecule has 4 fully saturated rings. The predicted molar refractivity (Wildman–Crippen MR) is 80.6 cm³/mol. The standard InChI is InChI=1S/C18H23NO2/c20-16-4-2-1-3-15(16)11-19-17(21)18-8-12-5-13(9-18)7-14(6-12)10-18/h1-4,12-14,20H,5-11H2,(H,19,21). The molecule has 2 N–H and O–H groups in total. The fourth-order valence-electron chi connectivity index (χ4n) is 5.41. The van der Waals surface area contributed by atoms with Gasteiger partial charge in [0.15, 0.2) is 0 Å². The molecule has 1 aromatic carbocycles. The topological polar surface area (TPSA) is 49.3 Å². The Morgan fingerprint density at radius 2 is 1.67 bits per heavy atom. The molecule has 1 amide bonds. The van der Waals surface area contributed by atoms with E-state index >= 15 is 0 Å². The Morgan fingerprint density at radius 1 is 1.10 bits per heavy atom. The van der Waals surface area contributed by atoms with Crippen molar-refractivity contribution in [3.63, 3.8) is 0 Å². The largest absolute Gasteiger partial charge is 0.508 e. The van der Waals surface area contributed by atoms with Crippen LogP contribution in [-0.2, 0) is 11.3 Å². The number of hydrogen-bond acceptors (Lipinski definition) is 2. The molecule has 4 bridgehead atoms. The number of carbonyl (C=O) groups excluding carboxylic acids is 1. The Kier molecular flexibility index (Phi) is 2.98. The zero-order valence-corrected chi connectivity index (χ0v) is 12.3. The van der Waals surface area contributed by atoms with Crippen molar-refractivity contribution >= 4 is 5.91 Å². The number of rotatable bonds is 3. The molecule has 0 atom stereocenters. The van der Waals surface area contributed by atoms with Crippen molar-refractivity contribution in [3.8, 4) is 5.75 Å². The molecular weight excluding hydrogens is 262 g/mol. The van der Waals surface area contributed by atoms with Crippen LogP contribution in [0.2, 0.25) is 0 Å². The first-order valence-corrected chi connectivity index (χ1v) is 8.20. The molecule has 21 heavy (non-hydrogen) atoms. The van der Waals surface area contributed by atoms with Crippen LogP contribution in [0, 0.1) is 23.2 Å². The summed E-state index contributed by atoms with van der Waals surface area (Å²) in [6.45, 7) is 0.438. The van der Waals surface area contributed by atoms with Gasteiger partial charge in [-0.1, -0.05) is 18.2 Å². The molecular formula is C18H23NO2. The van der Waals surface area contributed by atoms with Gasteiger partial charge in [0.2, 0.25) is 5.91 Å². The van der Waals surface area contributed by atoms with Gasteiger partial charge >= 0.3 is 0 Å². The van der Waals surface area contributed by atoms with E-state index in [-0.39, 0.29) is 17.1 Å². The van der Waals surface area contributed by atoms with Crippen LogP contribution < -0.4 is 5.32 Å². The van der Waals surface area contributed by atoms with Crippen LogP contribution in [0.25, 0.3) is 0 Å². The third-order valence-electron chi connectivity index (χ3n) is 5.95. The second-order valence-electron chi connectivity index (χ2n) is 7.51. The third kappa shape index (κ3) is 2.23. The first kappa shape index (κ1) is 13.2. The zero-order chi connectivity index (χ0) is 14.4. The second kappa shape index (κ2) is 4.75. The van der Waals surface area contributed by atoms with Crippen LogP contribution in [0.3, 0.4) is 0 Å². The highest BCUT2D eigenvalue weighted by Crippen LogP contribution is 2.60. The second-order valence-corrected chi connectivity index (χ2v) is 7.51. The minimum absolute atomic E-state index is 0.0981. The Labute approximate surface area is 125 Å². The summed E-state index contributed by atoms with van der Waals surface area (Å²) in [6, 6.07) is 7.24. The molecule has 4 aliphatic rings. The molecule has 5 rings (SSSR count). The molecule has 112 valence electrons. The van der Waals surface area contributed by atoms with Crippen LogP contribution in [0.5, 0.6) is 5.75 Å². The van der Waals surface area contributed by atoms with Crippen LogP contribution in [-0.4, -0.2) is 11.0 Å². The van der Waals surface area contributed by atoms with E-state index in [2.05, 4.69) is 5.32 Å². The number of hydrogen-bond donors (Lipinski definition) is 2. The molecule has 0 saturated heterocycles. The molecule has 0 heterocycles. The van der Waals surface area contributed by atoms with Crippen molar-refractivity contribution in [2.24, 2.45) is 23.2 Å². The molecule has 0 radical (unpaired) electrons. The highest BCUT2D eigenvalue weighted by molar-refractivity contribution is 5.83.